The van der Waals surface area contributed by atoms with Crippen LogP contribution in [0.1, 0.15) is 42.9 Å². The minimum Gasteiger partial charge on any atom is -0.207 e. The first-order chi connectivity index (χ1) is 11.6. The fraction of sp³-hybridized carbons (Fsp3) is 0.400. The quantitative estimate of drug-likeness (QED) is 0.738. The molecule has 1 aliphatic rings. The van der Waals surface area contributed by atoms with Crippen molar-refractivity contribution in [1.29, 1.82) is 0 Å². The summed E-state index contributed by atoms with van der Waals surface area (Å²) in [5, 5.41) is 0. The third-order valence-corrected chi connectivity index (χ3v) is 6.59. The van der Waals surface area contributed by atoms with Gasteiger partial charge in [-0.25, -0.2) is 8.42 Å². The Labute approximate surface area is 145 Å². The van der Waals surface area contributed by atoms with E-state index in [0.717, 1.165) is 24.8 Å². The van der Waals surface area contributed by atoms with Crippen LogP contribution in [0.3, 0.4) is 0 Å². The summed E-state index contributed by atoms with van der Waals surface area (Å²) in [7, 11) is -3.41. The lowest BCUT2D eigenvalue weighted by atomic mass is 10.0. The van der Waals surface area contributed by atoms with Gasteiger partial charge in [-0.2, -0.15) is 4.31 Å². The molecule has 3 nitrogen and oxygen atoms in total. The number of rotatable bonds is 6. The molecule has 2 aromatic carbocycles. The summed E-state index contributed by atoms with van der Waals surface area (Å²) < 4.78 is 27.4. The number of aryl methyl sites for hydroxylation is 1. The maximum atomic E-state index is 12.9. The van der Waals surface area contributed by atoms with Crippen LogP contribution in [0.2, 0.25) is 0 Å². The predicted octanol–water partition coefficient (Wildman–Crippen LogP) is 4.17. The minimum absolute atomic E-state index is 0.404. The Bertz CT molecular complexity index is 782. The highest BCUT2D eigenvalue weighted by molar-refractivity contribution is 7.89. The van der Waals surface area contributed by atoms with Crippen molar-refractivity contribution in [3.05, 3.63) is 65.2 Å². The molecule has 0 aromatic heterocycles. The zero-order valence-electron chi connectivity index (χ0n) is 14.2. The average Bonchev–Trinajstić information content (AvgIpc) is 2.62. The molecule has 1 aliphatic heterocycles. The highest BCUT2D eigenvalue weighted by atomic mass is 32.2. The third-order valence-electron chi connectivity index (χ3n) is 4.73. The van der Waals surface area contributed by atoms with Gasteiger partial charge in [0.2, 0.25) is 10.0 Å². The molecule has 0 saturated heterocycles. The van der Waals surface area contributed by atoms with E-state index in [9.17, 15) is 8.42 Å². The van der Waals surface area contributed by atoms with Crippen LogP contribution in [0.5, 0.6) is 0 Å². The van der Waals surface area contributed by atoms with E-state index in [2.05, 4.69) is 13.0 Å². The van der Waals surface area contributed by atoms with Gasteiger partial charge in [-0.3, -0.25) is 0 Å². The number of nitrogens with zero attached hydrogens (tertiary/aromatic N) is 1. The van der Waals surface area contributed by atoms with E-state index in [-0.39, 0.29) is 0 Å². The molecule has 3 rings (SSSR count). The molecule has 0 aliphatic carbocycles. The van der Waals surface area contributed by atoms with Crippen molar-refractivity contribution in [2.24, 2.45) is 0 Å². The van der Waals surface area contributed by atoms with E-state index in [0.29, 0.717) is 18.0 Å². The van der Waals surface area contributed by atoms with E-state index in [1.165, 1.54) is 24.0 Å². The first-order valence-electron chi connectivity index (χ1n) is 8.77. The summed E-state index contributed by atoms with van der Waals surface area (Å²) in [6, 6.07) is 15.5. The number of unbranched alkanes of at least 4 members (excludes halogenated alkanes) is 2. The number of fused-ring (bicyclic) bond motifs is 1. The summed E-state index contributed by atoms with van der Waals surface area (Å²) >= 11 is 0. The van der Waals surface area contributed by atoms with Gasteiger partial charge >= 0.3 is 0 Å². The Morgan fingerprint density at radius 3 is 2.38 bits per heavy atom. The van der Waals surface area contributed by atoms with Crippen LogP contribution >= 0.6 is 0 Å². The fourth-order valence-corrected chi connectivity index (χ4v) is 4.65. The van der Waals surface area contributed by atoms with E-state index >= 15 is 0 Å². The van der Waals surface area contributed by atoms with Gasteiger partial charge in [0.25, 0.3) is 0 Å². The second kappa shape index (κ2) is 7.49. The largest absolute Gasteiger partial charge is 0.243 e. The van der Waals surface area contributed by atoms with Gasteiger partial charge in [-0.1, -0.05) is 56.2 Å². The van der Waals surface area contributed by atoms with Crippen LogP contribution in [0, 0.1) is 0 Å². The van der Waals surface area contributed by atoms with Crippen LogP contribution in [0.4, 0.5) is 0 Å². The molecule has 0 saturated carbocycles. The normalized spacial score (nSPS) is 15.2. The molecule has 24 heavy (non-hydrogen) atoms. The summed E-state index contributed by atoms with van der Waals surface area (Å²) in [5.74, 6) is 0. The summed E-state index contributed by atoms with van der Waals surface area (Å²) in [6.45, 7) is 3.21. The maximum Gasteiger partial charge on any atom is 0.243 e. The Balaban J connectivity index is 1.74. The zero-order chi connectivity index (χ0) is 17.0. The van der Waals surface area contributed by atoms with Gasteiger partial charge in [-0.05, 0) is 48.1 Å². The molecule has 0 unspecified atom stereocenters. The number of benzene rings is 2. The van der Waals surface area contributed by atoms with Gasteiger partial charge < -0.3 is 0 Å². The van der Waals surface area contributed by atoms with Crippen LogP contribution in [-0.2, 0) is 29.4 Å². The Morgan fingerprint density at radius 1 is 0.958 bits per heavy atom. The van der Waals surface area contributed by atoms with Crippen molar-refractivity contribution in [1.82, 2.24) is 4.31 Å². The summed E-state index contributed by atoms with van der Waals surface area (Å²) in [5.41, 5.74) is 3.59. The minimum atomic E-state index is -3.41. The van der Waals surface area contributed by atoms with E-state index < -0.39 is 10.0 Å². The Hall–Kier alpha value is -1.65. The van der Waals surface area contributed by atoms with Crippen LogP contribution in [-0.4, -0.2) is 19.3 Å². The van der Waals surface area contributed by atoms with Crippen molar-refractivity contribution in [2.75, 3.05) is 6.54 Å². The van der Waals surface area contributed by atoms with Crippen molar-refractivity contribution >= 4 is 10.0 Å². The molecule has 0 amide bonds. The number of hydrogen-bond acceptors (Lipinski definition) is 2. The molecule has 0 atom stereocenters. The van der Waals surface area contributed by atoms with Gasteiger partial charge in [0, 0.05) is 13.1 Å². The first-order valence-corrected chi connectivity index (χ1v) is 10.2. The van der Waals surface area contributed by atoms with Crippen LogP contribution in [0.25, 0.3) is 0 Å². The van der Waals surface area contributed by atoms with Crippen LogP contribution in [0.15, 0.2) is 53.4 Å². The lowest BCUT2D eigenvalue weighted by Gasteiger charge is -2.28. The van der Waals surface area contributed by atoms with E-state index in [1.54, 1.807) is 16.4 Å². The smallest absolute Gasteiger partial charge is 0.207 e. The second-order valence-corrected chi connectivity index (χ2v) is 8.40. The third kappa shape index (κ3) is 3.70. The van der Waals surface area contributed by atoms with Gasteiger partial charge in [0.1, 0.15) is 0 Å². The average molecular weight is 343 g/mol. The molecular formula is C20H25NO2S. The number of hydrogen-bond donors (Lipinski definition) is 0. The molecule has 1 heterocycles. The van der Waals surface area contributed by atoms with Crippen LogP contribution < -0.4 is 0 Å². The molecule has 0 N–H and O–H groups in total. The molecule has 128 valence electrons. The standard InChI is InChI=1S/C20H25NO2S/c1-2-3-4-7-17-10-12-20(13-11-17)24(22,23)21-15-14-18-8-5-6-9-19(18)16-21/h5-6,8-13H,2-4,7,14-16H2,1H3. The second-order valence-electron chi connectivity index (χ2n) is 6.46. The molecule has 0 spiro atoms. The zero-order valence-corrected chi connectivity index (χ0v) is 15.1. The lowest BCUT2D eigenvalue weighted by molar-refractivity contribution is 0.391. The number of sulfonamides is 1. The lowest BCUT2D eigenvalue weighted by Crippen LogP contribution is -2.35. The molecule has 4 heteroatoms. The fourth-order valence-electron chi connectivity index (χ4n) is 3.23. The van der Waals surface area contributed by atoms with E-state index in [1.807, 2.05) is 30.3 Å². The first kappa shape index (κ1) is 17.2. The van der Waals surface area contributed by atoms with Gasteiger partial charge in [0.15, 0.2) is 0 Å². The molecule has 2 aromatic rings. The van der Waals surface area contributed by atoms with Crippen molar-refractivity contribution in [2.45, 2.75) is 50.5 Å². The molecular weight excluding hydrogens is 318 g/mol. The Morgan fingerprint density at radius 2 is 1.67 bits per heavy atom. The maximum absolute atomic E-state index is 12.9. The highest BCUT2D eigenvalue weighted by Crippen LogP contribution is 2.25. The molecule has 0 radical (unpaired) electrons. The highest BCUT2D eigenvalue weighted by Gasteiger charge is 2.27. The van der Waals surface area contributed by atoms with Crippen molar-refractivity contribution in [3.8, 4) is 0 Å². The predicted molar refractivity (Wildman–Crippen MR) is 97.4 cm³/mol. The summed E-state index contributed by atoms with van der Waals surface area (Å²) in [6.07, 6.45) is 5.37. The van der Waals surface area contributed by atoms with Gasteiger partial charge in [0.05, 0.1) is 4.90 Å². The summed E-state index contributed by atoms with van der Waals surface area (Å²) in [4.78, 5) is 0.404. The van der Waals surface area contributed by atoms with Crippen molar-refractivity contribution in [3.63, 3.8) is 0 Å². The van der Waals surface area contributed by atoms with Crippen molar-refractivity contribution < 1.29 is 8.42 Å². The topological polar surface area (TPSA) is 37.4 Å². The van der Waals surface area contributed by atoms with E-state index in [4.69, 9.17) is 0 Å². The molecule has 0 fully saturated rings. The van der Waals surface area contributed by atoms with Gasteiger partial charge in [-0.15, -0.1) is 0 Å². The SMILES string of the molecule is CCCCCc1ccc(S(=O)(=O)N2CCc3ccccc3C2)cc1. The Kier molecular flexibility index (Phi) is 5.36. The monoisotopic (exact) mass is 343 g/mol. The molecule has 0 bridgehead atoms.